The van der Waals surface area contributed by atoms with Crippen LogP contribution in [-0.2, 0) is 9.59 Å². The van der Waals surface area contributed by atoms with Crippen LogP contribution in [0, 0.1) is 5.92 Å². The minimum absolute atomic E-state index is 0.0451. The van der Waals surface area contributed by atoms with E-state index in [1.807, 2.05) is 18.2 Å². The summed E-state index contributed by atoms with van der Waals surface area (Å²) in [6, 6.07) is 7.32. The first-order chi connectivity index (χ1) is 10.6. The van der Waals surface area contributed by atoms with Crippen molar-refractivity contribution in [3.05, 3.63) is 35.9 Å². The number of hydrogen-bond acceptors (Lipinski definition) is 4. The summed E-state index contributed by atoms with van der Waals surface area (Å²) in [5, 5.41) is 2.49. The smallest absolute Gasteiger partial charge is 0.250 e. The van der Waals surface area contributed by atoms with E-state index in [4.69, 9.17) is 17.0 Å². The fourth-order valence-electron chi connectivity index (χ4n) is 1.72. The van der Waals surface area contributed by atoms with Gasteiger partial charge in [-0.2, -0.15) is 0 Å². The topological polar surface area (TPSA) is 79.5 Å². The van der Waals surface area contributed by atoms with Gasteiger partial charge in [-0.25, -0.2) is 0 Å². The van der Waals surface area contributed by atoms with Gasteiger partial charge in [0.25, 0.3) is 0 Å². The number of thiocarbonyl (C=S) groups is 1. The lowest BCUT2D eigenvalue weighted by Crippen LogP contribution is -2.48. The van der Waals surface area contributed by atoms with Crippen LogP contribution in [0.4, 0.5) is 0 Å². The molecule has 0 aromatic heterocycles. The number of amides is 2. The predicted octanol–water partition coefficient (Wildman–Crippen LogP) is 1.14. The first-order valence-electron chi connectivity index (χ1n) is 6.82. The Kier molecular flexibility index (Phi) is 5.48. The molecule has 22 heavy (non-hydrogen) atoms. The van der Waals surface area contributed by atoms with E-state index in [-0.39, 0.29) is 16.9 Å². The highest BCUT2D eigenvalue weighted by Gasteiger charge is 2.29. The van der Waals surface area contributed by atoms with Crippen LogP contribution >= 0.6 is 12.2 Å². The van der Waals surface area contributed by atoms with Crippen LogP contribution in [-0.4, -0.2) is 24.0 Å². The van der Waals surface area contributed by atoms with E-state index in [9.17, 15) is 9.59 Å². The summed E-state index contributed by atoms with van der Waals surface area (Å²) in [4.78, 5) is 23.1. The van der Waals surface area contributed by atoms with Gasteiger partial charge in [-0.1, -0.05) is 18.2 Å². The zero-order valence-electron chi connectivity index (χ0n) is 12.1. The Balaban J connectivity index is 1.80. The molecule has 1 saturated carbocycles. The fraction of sp³-hybridized carbons (Fsp3) is 0.267. The molecule has 0 heterocycles. The summed E-state index contributed by atoms with van der Waals surface area (Å²) in [6.07, 6.45) is 4.76. The van der Waals surface area contributed by atoms with Crippen LogP contribution < -0.4 is 20.9 Å². The van der Waals surface area contributed by atoms with Gasteiger partial charge in [-0.05, 0) is 37.2 Å². The van der Waals surface area contributed by atoms with Gasteiger partial charge in [-0.15, -0.1) is 0 Å². The van der Waals surface area contributed by atoms with Crippen LogP contribution in [0.25, 0.3) is 6.08 Å². The van der Waals surface area contributed by atoms with Crippen molar-refractivity contribution in [2.24, 2.45) is 5.92 Å². The number of carbonyl (C=O) groups is 2. The van der Waals surface area contributed by atoms with Crippen molar-refractivity contribution in [2.45, 2.75) is 12.8 Å². The van der Waals surface area contributed by atoms with Crippen molar-refractivity contribution in [2.75, 3.05) is 7.11 Å². The first kappa shape index (κ1) is 16.0. The summed E-state index contributed by atoms with van der Waals surface area (Å²) in [5.74, 6) is 0.227. The number of methoxy groups -OCH3 is 1. The molecular weight excluding hydrogens is 302 g/mol. The number of carbonyl (C=O) groups excluding carboxylic acids is 2. The van der Waals surface area contributed by atoms with E-state index in [0.29, 0.717) is 5.75 Å². The maximum atomic E-state index is 11.7. The van der Waals surface area contributed by atoms with Gasteiger partial charge in [0.05, 0.1) is 7.11 Å². The second-order valence-corrected chi connectivity index (χ2v) is 5.19. The van der Waals surface area contributed by atoms with E-state index < -0.39 is 5.91 Å². The largest absolute Gasteiger partial charge is 0.496 e. The van der Waals surface area contributed by atoms with E-state index in [2.05, 4.69) is 16.2 Å². The molecule has 1 fully saturated rings. The number of para-hydroxylation sites is 1. The molecule has 0 bridgehead atoms. The molecule has 0 radical (unpaired) electrons. The van der Waals surface area contributed by atoms with Crippen molar-refractivity contribution in [1.82, 2.24) is 16.2 Å². The second kappa shape index (κ2) is 7.56. The molecule has 1 aromatic rings. The number of rotatable bonds is 4. The summed E-state index contributed by atoms with van der Waals surface area (Å²) < 4.78 is 5.18. The van der Waals surface area contributed by atoms with Crippen LogP contribution in [0.3, 0.4) is 0 Å². The zero-order valence-corrected chi connectivity index (χ0v) is 12.9. The fourth-order valence-corrected chi connectivity index (χ4v) is 1.87. The third kappa shape index (κ3) is 4.85. The highest BCUT2D eigenvalue weighted by molar-refractivity contribution is 7.80. The van der Waals surface area contributed by atoms with Gasteiger partial charge in [0.15, 0.2) is 5.11 Å². The monoisotopic (exact) mass is 319 g/mol. The molecule has 7 heteroatoms. The number of benzene rings is 1. The second-order valence-electron chi connectivity index (χ2n) is 4.78. The number of nitrogens with one attached hydrogen (secondary N) is 3. The van der Waals surface area contributed by atoms with Gasteiger partial charge in [0.1, 0.15) is 5.75 Å². The lowest BCUT2D eigenvalue weighted by Gasteiger charge is -2.09. The molecule has 1 aliphatic carbocycles. The Morgan fingerprint density at radius 1 is 1.27 bits per heavy atom. The van der Waals surface area contributed by atoms with Gasteiger partial charge in [0, 0.05) is 17.6 Å². The highest BCUT2D eigenvalue weighted by atomic mass is 32.1. The number of hydrazine groups is 1. The van der Waals surface area contributed by atoms with Crippen LogP contribution in [0.1, 0.15) is 18.4 Å². The van der Waals surface area contributed by atoms with Crippen molar-refractivity contribution in [3.63, 3.8) is 0 Å². The predicted molar refractivity (Wildman–Crippen MR) is 86.8 cm³/mol. The molecule has 0 atom stereocenters. The quantitative estimate of drug-likeness (QED) is 0.441. The van der Waals surface area contributed by atoms with E-state index in [0.717, 1.165) is 18.4 Å². The molecule has 2 rings (SSSR count). The lowest BCUT2D eigenvalue weighted by molar-refractivity contribution is -0.123. The number of hydrogen-bond donors (Lipinski definition) is 3. The van der Waals surface area contributed by atoms with Crippen LogP contribution in [0.2, 0.25) is 0 Å². The first-order valence-corrected chi connectivity index (χ1v) is 7.23. The Labute approximate surface area is 133 Å². The van der Waals surface area contributed by atoms with Gasteiger partial charge >= 0.3 is 0 Å². The summed E-state index contributed by atoms with van der Waals surface area (Å²) in [5.41, 5.74) is 5.73. The molecule has 1 aliphatic rings. The molecule has 1 aromatic carbocycles. The molecule has 0 unspecified atom stereocenters. The molecule has 116 valence electrons. The number of ether oxygens (including phenoxy) is 1. The average molecular weight is 319 g/mol. The third-order valence-electron chi connectivity index (χ3n) is 3.04. The maximum Gasteiger partial charge on any atom is 0.250 e. The Bertz CT molecular complexity index is 612. The average Bonchev–Trinajstić information content (AvgIpc) is 3.35. The van der Waals surface area contributed by atoms with Crippen molar-refractivity contribution in [1.29, 1.82) is 0 Å². The summed E-state index contributed by atoms with van der Waals surface area (Å²) >= 11 is 4.92. The molecule has 2 amide bonds. The molecule has 0 aliphatic heterocycles. The molecule has 0 spiro atoms. The van der Waals surface area contributed by atoms with Crippen molar-refractivity contribution in [3.8, 4) is 5.75 Å². The molecular formula is C15H17N3O3S. The summed E-state index contributed by atoms with van der Waals surface area (Å²) in [6.45, 7) is 0. The van der Waals surface area contributed by atoms with E-state index >= 15 is 0 Å². The minimum Gasteiger partial charge on any atom is -0.496 e. The van der Waals surface area contributed by atoms with Gasteiger partial charge in [0.2, 0.25) is 11.8 Å². The van der Waals surface area contributed by atoms with Crippen LogP contribution in [0.5, 0.6) is 5.75 Å². The molecule has 6 nitrogen and oxygen atoms in total. The normalized spacial score (nSPS) is 13.5. The van der Waals surface area contributed by atoms with E-state index in [1.54, 1.807) is 19.3 Å². The Hall–Kier alpha value is -2.41. The van der Waals surface area contributed by atoms with Crippen molar-refractivity contribution < 1.29 is 14.3 Å². The Morgan fingerprint density at radius 2 is 2.00 bits per heavy atom. The SMILES string of the molecule is COc1ccccc1C=CC(=O)NC(=S)NNC(=O)C1CC1. The molecule has 3 N–H and O–H groups in total. The summed E-state index contributed by atoms with van der Waals surface area (Å²) in [7, 11) is 1.56. The Morgan fingerprint density at radius 3 is 2.68 bits per heavy atom. The standard InChI is InChI=1S/C15H17N3O3S/c1-21-12-5-3-2-4-10(12)8-9-13(19)16-15(22)18-17-14(20)11-6-7-11/h2-5,8-9,11H,6-7H2,1H3,(H,17,20)(H2,16,18,19,22). The van der Waals surface area contributed by atoms with Gasteiger partial charge < -0.3 is 4.74 Å². The minimum atomic E-state index is -0.399. The molecule has 0 saturated heterocycles. The third-order valence-corrected chi connectivity index (χ3v) is 3.24. The van der Waals surface area contributed by atoms with Gasteiger partial charge in [-0.3, -0.25) is 25.8 Å². The lowest BCUT2D eigenvalue weighted by atomic mass is 10.2. The van der Waals surface area contributed by atoms with Crippen LogP contribution in [0.15, 0.2) is 30.3 Å². The highest BCUT2D eigenvalue weighted by Crippen LogP contribution is 2.28. The van der Waals surface area contributed by atoms with E-state index in [1.165, 1.54) is 6.08 Å². The van der Waals surface area contributed by atoms with Crippen molar-refractivity contribution >= 4 is 35.2 Å². The zero-order chi connectivity index (χ0) is 15.9. The maximum absolute atomic E-state index is 11.7.